The van der Waals surface area contributed by atoms with Crippen molar-refractivity contribution in [3.8, 4) is 0 Å². The number of rotatable bonds is 4. The topological polar surface area (TPSA) is 46.9 Å². The third-order valence-electron chi connectivity index (χ3n) is 3.01. The molecule has 0 fully saturated rings. The van der Waals surface area contributed by atoms with Crippen LogP contribution in [0.3, 0.4) is 0 Å². The molecule has 100 valence electrons. The van der Waals surface area contributed by atoms with Gasteiger partial charge in [-0.05, 0) is 54.1 Å². The average molecular weight is 369 g/mol. The molecule has 19 heavy (non-hydrogen) atoms. The molecule has 1 unspecified atom stereocenters. The van der Waals surface area contributed by atoms with Crippen LogP contribution in [0.15, 0.2) is 36.5 Å². The molecule has 0 radical (unpaired) electrons. The first kappa shape index (κ1) is 14.0. The molecule has 0 saturated carbocycles. The highest BCUT2D eigenvalue weighted by Crippen LogP contribution is 2.17. The van der Waals surface area contributed by atoms with Gasteiger partial charge in [0.2, 0.25) is 0 Å². The number of aromatic nitrogens is 2. The summed E-state index contributed by atoms with van der Waals surface area (Å²) < 4.78 is 2.88. The molecule has 2 rings (SSSR count). The lowest BCUT2D eigenvalue weighted by molar-refractivity contribution is 0.102. The van der Waals surface area contributed by atoms with Crippen molar-refractivity contribution in [2.45, 2.75) is 26.3 Å². The van der Waals surface area contributed by atoms with Crippen molar-refractivity contribution < 1.29 is 4.79 Å². The van der Waals surface area contributed by atoms with Gasteiger partial charge in [-0.25, -0.2) is 4.68 Å². The third-order valence-corrected chi connectivity index (χ3v) is 3.68. The van der Waals surface area contributed by atoms with Crippen molar-refractivity contribution in [1.29, 1.82) is 0 Å². The van der Waals surface area contributed by atoms with E-state index in [1.165, 1.54) is 0 Å². The largest absolute Gasteiger partial charge is 0.307 e. The fraction of sp³-hybridized carbons (Fsp3) is 0.286. The highest BCUT2D eigenvalue weighted by Gasteiger charge is 2.12. The molecular formula is C14H16IN3O. The summed E-state index contributed by atoms with van der Waals surface area (Å²) in [6.45, 7) is 4.17. The molecule has 5 heteroatoms. The van der Waals surface area contributed by atoms with Crippen LogP contribution < -0.4 is 5.32 Å². The second-order valence-electron chi connectivity index (χ2n) is 4.38. The molecule has 4 nitrogen and oxygen atoms in total. The summed E-state index contributed by atoms with van der Waals surface area (Å²) in [7, 11) is 0. The number of hydrogen-bond donors (Lipinski definition) is 1. The summed E-state index contributed by atoms with van der Waals surface area (Å²) in [5, 5.41) is 7.16. The van der Waals surface area contributed by atoms with E-state index in [-0.39, 0.29) is 11.9 Å². The normalized spacial score (nSPS) is 12.2. The molecule has 0 saturated heterocycles. The van der Waals surface area contributed by atoms with Gasteiger partial charge in [0.15, 0.2) is 0 Å². The molecule has 1 atom stereocenters. The van der Waals surface area contributed by atoms with Gasteiger partial charge in [-0.15, -0.1) is 0 Å². The van der Waals surface area contributed by atoms with Crippen LogP contribution in [-0.2, 0) is 0 Å². The summed E-state index contributed by atoms with van der Waals surface area (Å²) >= 11 is 2.19. The molecule has 1 N–H and O–H groups in total. The molecule has 0 spiro atoms. The van der Waals surface area contributed by atoms with Gasteiger partial charge in [-0.3, -0.25) is 4.79 Å². The van der Waals surface area contributed by atoms with E-state index >= 15 is 0 Å². The second kappa shape index (κ2) is 6.18. The van der Waals surface area contributed by atoms with Crippen molar-refractivity contribution in [1.82, 2.24) is 9.78 Å². The van der Waals surface area contributed by atoms with E-state index in [0.717, 1.165) is 15.8 Å². The molecular weight excluding hydrogens is 353 g/mol. The van der Waals surface area contributed by atoms with Crippen LogP contribution in [0.4, 0.5) is 5.82 Å². The quantitative estimate of drug-likeness (QED) is 0.836. The lowest BCUT2D eigenvalue weighted by Gasteiger charge is -2.14. The number of amides is 1. The van der Waals surface area contributed by atoms with Gasteiger partial charge in [0, 0.05) is 15.2 Å². The van der Waals surface area contributed by atoms with Gasteiger partial charge in [0.25, 0.3) is 5.91 Å². The molecule has 0 aliphatic carbocycles. The van der Waals surface area contributed by atoms with E-state index in [4.69, 9.17) is 0 Å². The first-order chi connectivity index (χ1) is 9.11. The Morgan fingerprint density at radius 2 is 2.26 bits per heavy atom. The number of anilines is 1. The van der Waals surface area contributed by atoms with Crippen LogP contribution >= 0.6 is 22.6 Å². The lowest BCUT2D eigenvalue weighted by Crippen LogP contribution is -2.17. The molecule has 0 aliphatic heterocycles. The standard InChI is InChI=1S/C14H16IN3O/c1-3-10(2)18-13(7-8-16-18)17-14(19)11-5-4-6-12(15)9-11/h4-10H,3H2,1-2H3,(H,17,19). The van der Waals surface area contributed by atoms with E-state index in [9.17, 15) is 4.79 Å². The SMILES string of the molecule is CCC(C)n1nccc1NC(=O)c1cccc(I)c1. The molecule has 1 aromatic heterocycles. The van der Waals surface area contributed by atoms with Crippen LogP contribution in [0.25, 0.3) is 0 Å². The maximum absolute atomic E-state index is 12.2. The Balaban J connectivity index is 2.18. The number of benzene rings is 1. The zero-order valence-electron chi connectivity index (χ0n) is 10.9. The van der Waals surface area contributed by atoms with Crippen molar-refractivity contribution in [2.24, 2.45) is 0 Å². The maximum atomic E-state index is 12.2. The van der Waals surface area contributed by atoms with E-state index in [1.807, 2.05) is 28.9 Å². The lowest BCUT2D eigenvalue weighted by atomic mass is 10.2. The second-order valence-corrected chi connectivity index (χ2v) is 5.63. The number of nitrogens with one attached hydrogen (secondary N) is 1. The highest BCUT2D eigenvalue weighted by molar-refractivity contribution is 14.1. The molecule has 1 heterocycles. The molecule has 2 aromatic rings. The molecule has 0 aliphatic rings. The number of halogens is 1. The Kier molecular flexibility index (Phi) is 4.57. The van der Waals surface area contributed by atoms with E-state index in [2.05, 4.69) is 46.9 Å². The number of hydrogen-bond acceptors (Lipinski definition) is 2. The number of nitrogens with zero attached hydrogens (tertiary/aromatic N) is 2. The van der Waals surface area contributed by atoms with Crippen LogP contribution in [0.1, 0.15) is 36.7 Å². The number of carbonyl (C=O) groups is 1. The summed E-state index contributed by atoms with van der Waals surface area (Å²) in [4.78, 5) is 12.2. The van der Waals surface area contributed by atoms with Gasteiger partial charge in [0.05, 0.1) is 12.2 Å². The van der Waals surface area contributed by atoms with Crippen LogP contribution in [0.5, 0.6) is 0 Å². The van der Waals surface area contributed by atoms with Crippen molar-refractivity contribution in [3.05, 3.63) is 45.7 Å². The zero-order valence-corrected chi connectivity index (χ0v) is 13.1. The maximum Gasteiger partial charge on any atom is 0.256 e. The Hall–Kier alpha value is -1.37. The van der Waals surface area contributed by atoms with Crippen molar-refractivity contribution in [2.75, 3.05) is 5.32 Å². The van der Waals surface area contributed by atoms with Crippen LogP contribution in [-0.4, -0.2) is 15.7 Å². The van der Waals surface area contributed by atoms with Crippen LogP contribution in [0.2, 0.25) is 0 Å². The smallest absolute Gasteiger partial charge is 0.256 e. The fourth-order valence-corrected chi connectivity index (χ4v) is 2.30. The summed E-state index contributed by atoms with van der Waals surface area (Å²) in [5.74, 6) is 0.627. The Morgan fingerprint density at radius 1 is 1.47 bits per heavy atom. The van der Waals surface area contributed by atoms with Crippen molar-refractivity contribution in [3.63, 3.8) is 0 Å². The minimum Gasteiger partial charge on any atom is -0.307 e. The Bertz CT molecular complexity index is 580. The minimum absolute atomic E-state index is 0.108. The fourth-order valence-electron chi connectivity index (χ4n) is 1.76. The van der Waals surface area contributed by atoms with Gasteiger partial charge < -0.3 is 5.32 Å². The van der Waals surface area contributed by atoms with E-state index in [1.54, 1.807) is 12.3 Å². The first-order valence-corrected chi connectivity index (χ1v) is 7.30. The summed E-state index contributed by atoms with van der Waals surface area (Å²) in [5.41, 5.74) is 0.656. The van der Waals surface area contributed by atoms with E-state index < -0.39 is 0 Å². The Morgan fingerprint density at radius 3 is 2.95 bits per heavy atom. The van der Waals surface area contributed by atoms with Crippen molar-refractivity contribution >= 4 is 34.3 Å². The molecule has 1 amide bonds. The zero-order chi connectivity index (χ0) is 13.8. The summed E-state index contributed by atoms with van der Waals surface area (Å²) in [6, 6.07) is 9.59. The summed E-state index contributed by atoms with van der Waals surface area (Å²) in [6.07, 6.45) is 2.67. The highest BCUT2D eigenvalue weighted by atomic mass is 127. The van der Waals surface area contributed by atoms with E-state index in [0.29, 0.717) is 5.56 Å². The number of carbonyl (C=O) groups excluding carboxylic acids is 1. The predicted octanol–water partition coefficient (Wildman–Crippen LogP) is 3.71. The Labute approximate surface area is 126 Å². The third kappa shape index (κ3) is 3.34. The molecule has 0 bridgehead atoms. The monoisotopic (exact) mass is 369 g/mol. The predicted molar refractivity (Wildman–Crippen MR) is 84.3 cm³/mol. The van der Waals surface area contributed by atoms with Gasteiger partial charge in [-0.1, -0.05) is 13.0 Å². The van der Waals surface area contributed by atoms with Gasteiger partial charge in [0.1, 0.15) is 5.82 Å². The van der Waals surface area contributed by atoms with Gasteiger partial charge in [-0.2, -0.15) is 5.10 Å². The average Bonchev–Trinajstić information content (AvgIpc) is 2.86. The van der Waals surface area contributed by atoms with Crippen LogP contribution in [0, 0.1) is 3.57 Å². The minimum atomic E-state index is -0.108. The molecule has 1 aromatic carbocycles. The first-order valence-electron chi connectivity index (χ1n) is 6.22. The van der Waals surface area contributed by atoms with Gasteiger partial charge >= 0.3 is 0 Å².